The predicted octanol–water partition coefficient (Wildman–Crippen LogP) is 3.70. The number of ether oxygens (including phenoxy) is 1. The van der Waals surface area contributed by atoms with Gasteiger partial charge in [0.25, 0.3) is 0 Å². The minimum absolute atomic E-state index is 0.0594. The highest BCUT2D eigenvalue weighted by atomic mass is 19.4. The summed E-state index contributed by atoms with van der Waals surface area (Å²) in [6, 6.07) is 2.77. The van der Waals surface area contributed by atoms with Crippen molar-refractivity contribution in [3.8, 4) is 0 Å². The van der Waals surface area contributed by atoms with Gasteiger partial charge in [-0.3, -0.25) is 4.40 Å². The van der Waals surface area contributed by atoms with E-state index < -0.39 is 36.6 Å². The number of allylic oxidation sites excluding steroid dienone is 3. The van der Waals surface area contributed by atoms with E-state index in [0.717, 1.165) is 6.08 Å². The number of aliphatic hydroxyl groups excluding tert-OH is 1. The van der Waals surface area contributed by atoms with Crippen LogP contribution in [0.25, 0.3) is 5.65 Å². The van der Waals surface area contributed by atoms with Crippen LogP contribution < -0.4 is 0 Å². The van der Waals surface area contributed by atoms with Crippen molar-refractivity contribution in [1.29, 1.82) is 0 Å². The van der Waals surface area contributed by atoms with E-state index in [1.165, 1.54) is 24.3 Å². The largest absolute Gasteiger partial charge is 0.573 e. The monoisotopic (exact) mass is 379 g/mol. The molecule has 0 aromatic carbocycles. The van der Waals surface area contributed by atoms with Crippen LogP contribution in [0.15, 0.2) is 36.1 Å². The van der Waals surface area contributed by atoms with Crippen molar-refractivity contribution in [2.45, 2.75) is 31.5 Å². The van der Waals surface area contributed by atoms with Gasteiger partial charge < -0.3 is 9.84 Å². The fraction of sp³-hybridized carbons (Fsp3) is 0.333. The minimum atomic E-state index is -4.83. The highest BCUT2D eigenvalue weighted by molar-refractivity contribution is 5.46. The number of hydrogen-bond donors (Lipinski definition) is 1. The Hall–Kier alpha value is -2.56. The van der Waals surface area contributed by atoms with Crippen molar-refractivity contribution in [2.75, 3.05) is 0 Å². The third-order valence-electron chi connectivity index (χ3n) is 3.81. The molecule has 1 aliphatic rings. The van der Waals surface area contributed by atoms with E-state index in [0.29, 0.717) is 9.96 Å². The number of alkyl halides is 6. The van der Waals surface area contributed by atoms with Crippen molar-refractivity contribution < 1.29 is 36.2 Å². The molecule has 2 aromatic rings. The molecule has 0 amide bonds. The second-order valence-corrected chi connectivity index (χ2v) is 5.46. The molecule has 0 spiro atoms. The average molecular weight is 379 g/mol. The van der Waals surface area contributed by atoms with Crippen LogP contribution in [0.2, 0.25) is 0 Å². The van der Waals surface area contributed by atoms with Gasteiger partial charge in [-0.05, 0) is 30.2 Å². The number of aliphatic hydroxyl groups is 1. The van der Waals surface area contributed by atoms with Crippen LogP contribution in [-0.2, 0) is 17.5 Å². The fourth-order valence-corrected chi connectivity index (χ4v) is 2.78. The Morgan fingerprint density at radius 3 is 2.42 bits per heavy atom. The summed E-state index contributed by atoms with van der Waals surface area (Å²) in [6.07, 6.45) is -5.91. The normalized spacial score (nSPS) is 18.3. The molecule has 1 unspecified atom stereocenters. The Kier molecular flexibility index (Phi) is 4.42. The van der Waals surface area contributed by atoms with Gasteiger partial charge in [0.1, 0.15) is 5.76 Å². The third kappa shape index (κ3) is 3.52. The Morgan fingerprint density at radius 2 is 1.88 bits per heavy atom. The number of fused-ring (bicyclic) bond motifs is 1. The van der Waals surface area contributed by atoms with Crippen molar-refractivity contribution in [2.24, 2.45) is 0 Å². The van der Waals surface area contributed by atoms with Gasteiger partial charge in [0.2, 0.25) is 5.82 Å². The molecule has 2 aromatic heterocycles. The topological polar surface area (TPSA) is 59.7 Å². The van der Waals surface area contributed by atoms with E-state index in [1.54, 1.807) is 0 Å². The number of nitrogens with zero attached hydrogens (tertiary/aromatic N) is 3. The lowest BCUT2D eigenvalue weighted by molar-refractivity contribution is -0.303. The number of hydrogen-bond acceptors (Lipinski definition) is 4. The van der Waals surface area contributed by atoms with Gasteiger partial charge in [-0.15, -0.1) is 23.4 Å². The van der Waals surface area contributed by atoms with E-state index in [-0.39, 0.29) is 17.8 Å². The molecule has 0 bridgehead atoms. The first-order valence-corrected chi connectivity index (χ1v) is 7.29. The van der Waals surface area contributed by atoms with E-state index in [2.05, 4.69) is 14.9 Å². The number of rotatable bonds is 3. The molecule has 5 nitrogen and oxygen atoms in total. The van der Waals surface area contributed by atoms with Crippen LogP contribution in [-0.4, -0.2) is 26.1 Å². The highest BCUT2D eigenvalue weighted by Crippen LogP contribution is 2.34. The van der Waals surface area contributed by atoms with Gasteiger partial charge in [-0.2, -0.15) is 13.2 Å². The van der Waals surface area contributed by atoms with E-state index in [1.807, 2.05) is 0 Å². The molecule has 1 N–H and O–H groups in total. The summed E-state index contributed by atoms with van der Waals surface area (Å²) in [5.41, 5.74) is 0.147. The zero-order chi connectivity index (χ0) is 19.1. The smallest absolute Gasteiger partial charge is 0.406 e. The van der Waals surface area contributed by atoms with Crippen LogP contribution in [0.5, 0.6) is 0 Å². The Morgan fingerprint density at radius 1 is 1.15 bits per heavy atom. The molecule has 0 saturated carbocycles. The first-order valence-electron chi connectivity index (χ1n) is 7.29. The zero-order valence-corrected chi connectivity index (χ0v) is 12.8. The molecule has 1 atom stereocenters. The SMILES string of the molecule is OCc1c(C2C=CC(OC(F)(F)F)=CC2)ccc2nnc(C(F)(F)F)n12. The highest BCUT2D eigenvalue weighted by Gasteiger charge is 2.38. The molecule has 0 fully saturated rings. The van der Waals surface area contributed by atoms with Crippen LogP contribution in [0.4, 0.5) is 26.3 Å². The average Bonchev–Trinajstić information content (AvgIpc) is 2.97. The zero-order valence-electron chi connectivity index (χ0n) is 12.8. The van der Waals surface area contributed by atoms with Crippen molar-refractivity contribution in [3.63, 3.8) is 0 Å². The van der Waals surface area contributed by atoms with Crippen LogP contribution in [0.1, 0.15) is 29.4 Å². The summed E-state index contributed by atoms with van der Waals surface area (Å²) in [5, 5.41) is 16.2. The quantitative estimate of drug-likeness (QED) is 0.827. The summed E-state index contributed by atoms with van der Waals surface area (Å²) in [7, 11) is 0. The standard InChI is InChI=1S/C15H11F6N3O2/c16-14(17,18)13-23-22-12-6-5-10(11(7-25)24(12)13)8-1-3-9(4-2-8)26-15(19,20)21/h1,3-6,8,25H,2,7H2. The lowest BCUT2D eigenvalue weighted by Crippen LogP contribution is -2.16. The Balaban J connectivity index is 1.98. The number of aromatic nitrogens is 3. The fourth-order valence-electron chi connectivity index (χ4n) is 2.78. The maximum atomic E-state index is 13.1. The van der Waals surface area contributed by atoms with Crippen molar-refractivity contribution in [1.82, 2.24) is 14.6 Å². The van der Waals surface area contributed by atoms with Crippen molar-refractivity contribution >= 4 is 5.65 Å². The lowest BCUT2D eigenvalue weighted by Gasteiger charge is -2.21. The third-order valence-corrected chi connectivity index (χ3v) is 3.81. The predicted molar refractivity (Wildman–Crippen MR) is 75.6 cm³/mol. The van der Waals surface area contributed by atoms with E-state index >= 15 is 0 Å². The van der Waals surface area contributed by atoms with Gasteiger partial charge in [0.15, 0.2) is 5.65 Å². The molecule has 2 heterocycles. The second-order valence-electron chi connectivity index (χ2n) is 5.46. The van der Waals surface area contributed by atoms with Crippen LogP contribution >= 0.6 is 0 Å². The number of halogens is 6. The van der Waals surface area contributed by atoms with Gasteiger partial charge >= 0.3 is 12.5 Å². The first-order chi connectivity index (χ1) is 12.1. The lowest BCUT2D eigenvalue weighted by atomic mass is 9.91. The van der Waals surface area contributed by atoms with Gasteiger partial charge in [-0.1, -0.05) is 12.1 Å². The summed E-state index contributed by atoms with van der Waals surface area (Å²) in [4.78, 5) is 0. The molecular formula is C15H11F6N3O2. The van der Waals surface area contributed by atoms with Crippen LogP contribution in [0, 0.1) is 0 Å². The summed E-state index contributed by atoms with van der Waals surface area (Å²) in [5.74, 6) is -2.22. The van der Waals surface area contributed by atoms with E-state index in [4.69, 9.17) is 0 Å². The molecule has 1 aliphatic carbocycles. The maximum absolute atomic E-state index is 13.1. The molecule has 0 aliphatic heterocycles. The molecule has 0 radical (unpaired) electrons. The molecule has 11 heteroatoms. The second kappa shape index (κ2) is 6.31. The van der Waals surface area contributed by atoms with Gasteiger partial charge in [-0.25, -0.2) is 0 Å². The first kappa shape index (κ1) is 18.2. The minimum Gasteiger partial charge on any atom is -0.406 e. The molecule has 26 heavy (non-hydrogen) atoms. The summed E-state index contributed by atoms with van der Waals surface area (Å²) in [6.45, 7) is -0.728. The van der Waals surface area contributed by atoms with Crippen molar-refractivity contribution in [3.05, 3.63) is 53.2 Å². The molecule has 0 saturated heterocycles. The molecule has 3 rings (SSSR count). The Bertz CT molecular complexity index is 882. The van der Waals surface area contributed by atoms with E-state index in [9.17, 15) is 31.4 Å². The Labute approximate surface area is 142 Å². The molecular weight excluding hydrogens is 368 g/mol. The van der Waals surface area contributed by atoms with Crippen LogP contribution in [0.3, 0.4) is 0 Å². The summed E-state index contributed by atoms with van der Waals surface area (Å²) >= 11 is 0. The van der Waals surface area contributed by atoms with Gasteiger partial charge in [0.05, 0.1) is 12.3 Å². The maximum Gasteiger partial charge on any atom is 0.573 e. The van der Waals surface area contributed by atoms with Gasteiger partial charge in [0, 0.05) is 5.92 Å². The summed E-state index contributed by atoms with van der Waals surface area (Å²) < 4.78 is 80.5. The number of pyridine rings is 1. The molecule has 140 valence electrons.